The Bertz CT molecular complexity index is 463. The van der Waals surface area contributed by atoms with Crippen LogP contribution in [-0.2, 0) is 24.4 Å². The number of hydrogen-bond donors (Lipinski definition) is 1. The molecule has 0 heterocycles. The van der Waals surface area contributed by atoms with Gasteiger partial charge in [0.25, 0.3) is 0 Å². The molecule has 0 atom stereocenters. The number of aliphatic hydroxyl groups is 1. The summed E-state index contributed by atoms with van der Waals surface area (Å²) in [5, 5.41) is 9.31. The van der Waals surface area contributed by atoms with Crippen LogP contribution in [0, 0.1) is 6.10 Å². The topological polar surface area (TPSA) is 66.4 Å². The van der Waals surface area contributed by atoms with Gasteiger partial charge in [0, 0.05) is 38.9 Å². The van der Waals surface area contributed by atoms with E-state index >= 15 is 0 Å². The Labute approximate surface area is 165 Å². The van der Waals surface area contributed by atoms with Crippen LogP contribution in [0.2, 0.25) is 6.04 Å². The Morgan fingerprint density at radius 3 is 2.00 bits per heavy atom. The number of hydrogen-bond acceptors (Lipinski definition) is 6. The van der Waals surface area contributed by atoms with Crippen molar-refractivity contribution in [2.45, 2.75) is 46.6 Å². The van der Waals surface area contributed by atoms with Crippen molar-refractivity contribution in [3.8, 4) is 5.75 Å². The van der Waals surface area contributed by atoms with Crippen molar-refractivity contribution in [2.75, 3.05) is 39.6 Å². The fourth-order valence-corrected chi connectivity index (χ4v) is 5.29. The minimum atomic E-state index is -2.56. The summed E-state index contributed by atoms with van der Waals surface area (Å²) >= 11 is 0. The highest BCUT2D eigenvalue weighted by molar-refractivity contribution is 6.60. The van der Waals surface area contributed by atoms with Crippen LogP contribution in [-0.4, -0.2) is 53.6 Å². The summed E-state index contributed by atoms with van der Waals surface area (Å²) in [7, 11) is -2.56. The molecule has 0 aromatic heterocycles. The van der Waals surface area contributed by atoms with Gasteiger partial charge in [0.05, 0.1) is 12.7 Å². The molecule has 1 radical (unpaired) electrons. The van der Waals surface area contributed by atoms with Crippen molar-refractivity contribution in [1.29, 1.82) is 0 Å². The van der Waals surface area contributed by atoms with E-state index < -0.39 is 8.80 Å². The van der Waals surface area contributed by atoms with Crippen molar-refractivity contribution in [3.05, 3.63) is 35.9 Å². The Morgan fingerprint density at radius 2 is 1.48 bits per heavy atom. The SMILES string of the molecule is CCO[Si](CCCOCCOc1ccc(C[C](C)O)cc1)(OCC)OCC. The second kappa shape index (κ2) is 14.1. The largest absolute Gasteiger partial charge is 0.501 e. The molecule has 0 aliphatic carbocycles. The summed E-state index contributed by atoms with van der Waals surface area (Å²) < 4.78 is 28.8. The van der Waals surface area contributed by atoms with Gasteiger partial charge in [0.1, 0.15) is 12.4 Å². The molecular weight excluding hydrogens is 364 g/mol. The monoisotopic (exact) mass is 399 g/mol. The van der Waals surface area contributed by atoms with Crippen molar-refractivity contribution in [3.63, 3.8) is 0 Å². The Kier molecular flexibility index (Phi) is 12.6. The van der Waals surface area contributed by atoms with Crippen molar-refractivity contribution in [1.82, 2.24) is 0 Å². The predicted octanol–water partition coefficient (Wildman–Crippen LogP) is 3.99. The second-order valence-electron chi connectivity index (χ2n) is 6.10. The minimum Gasteiger partial charge on any atom is -0.491 e. The number of aliphatic hydroxyl groups excluding tert-OH is 1. The Morgan fingerprint density at radius 1 is 0.889 bits per heavy atom. The summed E-state index contributed by atoms with van der Waals surface area (Å²) in [5.41, 5.74) is 1.06. The summed E-state index contributed by atoms with van der Waals surface area (Å²) in [4.78, 5) is 0. The van der Waals surface area contributed by atoms with Crippen LogP contribution in [0.25, 0.3) is 0 Å². The third-order valence-electron chi connectivity index (χ3n) is 3.74. The molecule has 27 heavy (non-hydrogen) atoms. The average Bonchev–Trinajstić information content (AvgIpc) is 2.62. The molecule has 1 N–H and O–H groups in total. The van der Waals surface area contributed by atoms with E-state index in [-0.39, 0.29) is 0 Å². The molecular formula is C20H35O6Si. The van der Waals surface area contributed by atoms with E-state index in [1.54, 1.807) is 6.92 Å². The maximum absolute atomic E-state index is 9.31. The number of ether oxygens (including phenoxy) is 2. The number of benzene rings is 1. The van der Waals surface area contributed by atoms with Crippen LogP contribution in [0.5, 0.6) is 5.75 Å². The molecule has 0 aliphatic rings. The van der Waals surface area contributed by atoms with Gasteiger partial charge in [-0.15, -0.1) is 0 Å². The summed E-state index contributed by atoms with van der Waals surface area (Å²) in [6.45, 7) is 11.0. The lowest BCUT2D eigenvalue weighted by molar-refractivity contribution is 0.0632. The lowest BCUT2D eigenvalue weighted by Crippen LogP contribution is -2.46. The maximum atomic E-state index is 9.31. The van der Waals surface area contributed by atoms with E-state index in [0.29, 0.717) is 52.2 Å². The fourth-order valence-electron chi connectivity index (χ4n) is 2.71. The molecule has 0 fully saturated rings. The summed E-state index contributed by atoms with van der Waals surface area (Å²) in [6, 6.07) is 8.48. The molecule has 155 valence electrons. The maximum Gasteiger partial charge on any atom is 0.501 e. The van der Waals surface area contributed by atoms with Gasteiger partial charge in [0.2, 0.25) is 0 Å². The van der Waals surface area contributed by atoms with Crippen LogP contribution in [0.15, 0.2) is 24.3 Å². The Balaban J connectivity index is 2.22. The minimum absolute atomic E-state index is 0.405. The first-order valence-corrected chi connectivity index (χ1v) is 11.7. The highest BCUT2D eigenvalue weighted by atomic mass is 28.4. The van der Waals surface area contributed by atoms with Gasteiger partial charge in [-0.2, -0.15) is 0 Å². The zero-order chi connectivity index (χ0) is 20.0. The Hall–Kier alpha value is -0.963. The van der Waals surface area contributed by atoms with Crippen LogP contribution < -0.4 is 4.74 Å². The van der Waals surface area contributed by atoms with Gasteiger partial charge >= 0.3 is 8.80 Å². The third-order valence-corrected chi connectivity index (χ3v) is 6.90. The fraction of sp³-hybridized carbons (Fsp3) is 0.650. The zero-order valence-corrected chi connectivity index (χ0v) is 18.2. The van der Waals surface area contributed by atoms with Crippen molar-refractivity contribution < 1.29 is 27.9 Å². The first-order valence-electron chi connectivity index (χ1n) is 9.78. The van der Waals surface area contributed by atoms with Gasteiger partial charge in [-0.25, -0.2) is 0 Å². The highest BCUT2D eigenvalue weighted by Crippen LogP contribution is 2.18. The van der Waals surface area contributed by atoms with E-state index in [4.69, 9.17) is 22.8 Å². The van der Waals surface area contributed by atoms with Gasteiger partial charge < -0.3 is 27.9 Å². The molecule has 1 aromatic carbocycles. The van der Waals surface area contributed by atoms with E-state index in [9.17, 15) is 5.11 Å². The molecule has 0 bridgehead atoms. The molecule has 1 rings (SSSR count). The molecule has 0 saturated carbocycles. The van der Waals surface area contributed by atoms with Crippen molar-refractivity contribution in [2.24, 2.45) is 0 Å². The van der Waals surface area contributed by atoms with Gasteiger partial charge in [-0.3, -0.25) is 0 Å². The van der Waals surface area contributed by atoms with Crippen LogP contribution in [0.4, 0.5) is 0 Å². The van der Waals surface area contributed by atoms with Gasteiger partial charge in [0.15, 0.2) is 0 Å². The number of rotatable bonds is 16. The first-order chi connectivity index (χ1) is 13.0. The summed E-state index contributed by atoms with van der Waals surface area (Å²) in [6.07, 6.45) is 1.80. The summed E-state index contributed by atoms with van der Waals surface area (Å²) in [5.74, 6) is 0.799. The third kappa shape index (κ3) is 10.2. The lowest BCUT2D eigenvalue weighted by Gasteiger charge is -2.28. The molecule has 0 unspecified atom stereocenters. The zero-order valence-electron chi connectivity index (χ0n) is 17.2. The second-order valence-corrected chi connectivity index (χ2v) is 8.83. The predicted molar refractivity (Wildman–Crippen MR) is 107 cm³/mol. The van der Waals surface area contributed by atoms with Crippen molar-refractivity contribution >= 4 is 8.80 Å². The molecule has 0 saturated heterocycles. The molecule has 7 heteroatoms. The van der Waals surface area contributed by atoms with Gasteiger partial charge in [-0.1, -0.05) is 12.1 Å². The quantitative estimate of drug-likeness (QED) is 0.335. The molecule has 0 aliphatic heterocycles. The molecule has 0 amide bonds. The van der Waals surface area contributed by atoms with E-state index in [2.05, 4.69) is 0 Å². The van der Waals surface area contributed by atoms with E-state index in [1.165, 1.54) is 0 Å². The molecule has 6 nitrogen and oxygen atoms in total. The van der Waals surface area contributed by atoms with Crippen LogP contribution in [0.3, 0.4) is 0 Å². The standard InChI is InChI=1S/C20H35O6Si/c1-5-24-27(25-6-2,26-7-3)16-8-13-22-14-15-23-20-11-9-19(10-12-20)17-18(4)21/h9-12,21H,5-8,13-17H2,1-4H3. The molecule has 0 spiro atoms. The first kappa shape index (κ1) is 24.1. The van der Waals surface area contributed by atoms with E-state index in [1.807, 2.05) is 45.0 Å². The van der Waals surface area contributed by atoms with Crippen LogP contribution in [0.1, 0.15) is 39.7 Å². The van der Waals surface area contributed by atoms with E-state index in [0.717, 1.165) is 23.8 Å². The average molecular weight is 400 g/mol. The van der Waals surface area contributed by atoms with Gasteiger partial charge in [-0.05, 0) is 51.8 Å². The highest BCUT2D eigenvalue weighted by Gasteiger charge is 2.39. The van der Waals surface area contributed by atoms with Crippen LogP contribution >= 0.6 is 0 Å². The molecule has 1 aromatic rings. The lowest BCUT2D eigenvalue weighted by atomic mass is 10.1. The smallest absolute Gasteiger partial charge is 0.491 e. The normalized spacial score (nSPS) is 11.9.